The van der Waals surface area contributed by atoms with Crippen LogP contribution in [-0.2, 0) is 0 Å². The van der Waals surface area contributed by atoms with Crippen LogP contribution in [-0.4, -0.2) is 50.1 Å². The Hall–Kier alpha value is -1.62. The number of hydrogen-bond acceptors (Lipinski definition) is 3. The number of likely N-dealkylation sites (tertiary alicyclic amines) is 1. The molecule has 4 rings (SSSR count). The van der Waals surface area contributed by atoms with Gasteiger partial charge in [0.05, 0.1) is 5.69 Å². The highest BCUT2D eigenvalue weighted by atomic mass is 19.1. The quantitative estimate of drug-likeness (QED) is 0.905. The van der Waals surface area contributed by atoms with E-state index in [4.69, 9.17) is 0 Å². The number of nitrogens with one attached hydrogen (secondary N) is 1. The second kappa shape index (κ2) is 6.36. The van der Waals surface area contributed by atoms with Crippen molar-refractivity contribution < 1.29 is 9.18 Å². The lowest BCUT2D eigenvalue weighted by atomic mass is 9.78. The monoisotopic (exact) mass is 331 g/mol. The molecule has 3 fully saturated rings. The van der Waals surface area contributed by atoms with Gasteiger partial charge in [-0.15, -0.1) is 0 Å². The number of benzene rings is 1. The number of piperidine rings is 1. The molecular formula is C19H26FN3O. The fourth-order valence-electron chi connectivity index (χ4n) is 4.44. The molecule has 0 saturated carbocycles. The van der Waals surface area contributed by atoms with Gasteiger partial charge in [-0.3, -0.25) is 4.79 Å². The van der Waals surface area contributed by atoms with E-state index in [0.717, 1.165) is 65.0 Å². The first kappa shape index (κ1) is 15.9. The molecule has 0 bridgehead atoms. The Bertz CT molecular complexity index is 611. The molecule has 0 unspecified atom stereocenters. The average molecular weight is 331 g/mol. The number of rotatable bonds is 2. The van der Waals surface area contributed by atoms with E-state index in [9.17, 15) is 9.18 Å². The molecule has 4 nitrogen and oxygen atoms in total. The molecule has 0 atom stereocenters. The van der Waals surface area contributed by atoms with Gasteiger partial charge in [-0.2, -0.15) is 0 Å². The average Bonchev–Trinajstić information content (AvgIpc) is 3.27. The molecule has 130 valence electrons. The predicted molar refractivity (Wildman–Crippen MR) is 92.9 cm³/mol. The van der Waals surface area contributed by atoms with Crippen LogP contribution in [0.3, 0.4) is 0 Å². The molecule has 1 N–H and O–H groups in total. The van der Waals surface area contributed by atoms with Crippen LogP contribution in [0.4, 0.5) is 10.1 Å². The van der Waals surface area contributed by atoms with E-state index < -0.39 is 0 Å². The zero-order valence-corrected chi connectivity index (χ0v) is 14.2. The first-order chi connectivity index (χ1) is 11.7. The lowest BCUT2D eigenvalue weighted by Gasteiger charge is -2.39. The SMILES string of the molecule is O=C(c1ccc(N2CCCC2)c(F)c1)N1CCC2(CCNC2)CC1. The largest absolute Gasteiger partial charge is 0.369 e. The van der Waals surface area contributed by atoms with Gasteiger partial charge in [0.1, 0.15) is 5.82 Å². The van der Waals surface area contributed by atoms with Gasteiger partial charge in [0.2, 0.25) is 0 Å². The van der Waals surface area contributed by atoms with Crippen molar-refractivity contribution in [2.75, 3.05) is 44.2 Å². The second-order valence-electron chi connectivity index (χ2n) is 7.58. The van der Waals surface area contributed by atoms with Crippen molar-refractivity contribution in [3.05, 3.63) is 29.6 Å². The molecule has 0 aliphatic carbocycles. The minimum Gasteiger partial charge on any atom is -0.369 e. The fourth-order valence-corrected chi connectivity index (χ4v) is 4.44. The lowest BCUT2D eigenvalue weighted by Crippen LogP contribution is -2.44. The molecule has 5 heteroatoms. The Morgan fingerprint density at radius 3 is 2.46 bits per heavy atom. The van der Waals surface area contributed by atoms with Crippen molar-refractivity contribution in [2.45, 2.75) is 32.1 Å². The highest BCUT2D eigenvalue weighted by Gasteiger charge is 2.38. The van der Waals surface area contributed by atoms with Crippen molar-refractivity contribution in [2.24, 2.45) is 5.41 Å². The number of hydrogen-bond donors (Lipinski definition) is 1. The van der Waals surface area contributed by atoms with Crippen molar-refractivity contribution in [3.63, 3.8) is 0 Å². The van der Waals surface area contributed by atoms with E-state index in [1.807, 2.05) is 4.90 Å². The van der Waals surface area contributed by atoms with Gasteiger partial charge < -0.3 is 15.1 Å². The number of nitrogens with zero attached hydrogens (tertiary/aromatic N) is 2. The van der Waals surface area contributed by atoms with Gasteiger partial charge in [-0.05, 0) is 62.3 Å². The third-order valence-corrected chi connectivity index (χ3v) is 6.08. The van der Waals surface area contributed by atoms with Gasteiger partial charge in [0, 0.05) is 38.3 Å². The molecule has 0 radical (unpaired) electrons. The highest BCUT2D eigenvalue weighted by molar-refractivity contribution is 5.94. The predicted octanol–water partition coefficient (Wildman–Crippen LogP) is 2.64. The number of anilines is 1. The van der Waals surface area contributed by atoms with Gasteiger partial charge in [0.25, 0.3) is 5.91 Å². The molecule has 3 saturated heterocycles. The Morgan fingerprint density at radius 1 is 1.08 bits per heavy atom. The molecule has 24 heavy (non-hydrogen) atoms. The maximum Gasteiger partial charge on any atom is 0.253 e. The Morgan fingerprint density at radius 2 is 1.83 bits per heavy atom. The van der Waals surface area contributed by atoms with E-state index in [1.54, 1.807) is 12.1 Å². The molecule has 1 aromatic rings. The van der Waals surface area contributed by atoms with Gasteiger partial charge >= 0.3 is 0 Å². The molecule has 3 aliphatic rings. The summed E-state index contributed by atoms with van der Waals surface area (Å²) in [7, 11) is 0. The Balaban J connectivity index is 1.44. The van der Waals surface area contributed by atoms with Gasteiger partial charge in [-0.25, -0.2) is 4.39 Å². The molecule has 0 aromatic heterocycles. The third-order valence-electron chi connectivity index (χ3n) is 6.08. The molecule has 1 spiro atoms. The van der Waals surface area contributed by atoms with Gasteiger partial charge in [-0.1, -0.05) is 0 Å². The van der Waals surface area contributed by atoms with Crippen LogP contribution < -0.4 is 10.2 Å². The van der Waals surface area contributed by atoms with E-state index in [2.05, 4.69) is 10.2 Å². The number of carbonyl (C=O) groups is 1. The van der Waals surface area contributed by atoms with Crippen LogP contribution in [0.15, 0.2) is 18.2 Å². The lowest BCUT2D eigenvalue weighted by molar-refractivity contribution is 0.0607. The summed E-state index contributed by atoms with van der Waals surface area (Å²) < 4.78 is 14.4. The minimum atomic E-state index is -0.267. The summed E-state index contributed by atoms with van der Waals surface area (Å²) in [5, 5.41) is 3.44. The van der Waals surface area contributed by atoms with E-state index >= 15 is 0 Å². The maximum absolute atomic E-state index is 14.4. The number of halogens is 1. The van der Waals surface area contributed by atoms with E-state index in [-0.39, 0.29) is 11.7 Å². The third kappa shape index (κ3) is 2.90. The first-order valence-corrected chi connectivity index (χ1v) is 9.21. The second-order valence-corrected chi connectivity index (χ2v) is 7.58. The minimum absolute atomic E-state index is 0.0253. The Labute approximate surface area is 143 Å². The molecule has 1 amide bonds. The van der Waals surface area contributed by atoms with Crippen LogP contribution in [0, 0.1) is 11.2 Å². The number of carbonyl (C=O) groups excluding carboxylic acids is 1. The van der Waals surface area contributed by atoms with Crippen LogP contribution in [0.25, 0.3) is 0 Å². The zero-order chi connectivity index (χ0) is 16.6. The summed E-state index contributed by atoms with van der Waals surface area (Å²) in [5.74, 6) is -0.293. The molecule has 3 aliphatic heterocycles. The van der Waals surface area contributed by atoms with Crippen LogP contribution in [0.1, 0.15) is 42.5 Å². The van der Waals surface area contributed by atoms with Gasteiger partial charge in [0.15, 0.2) is 0 Å². The van der Waals surface area contributed by atoms with Crippen LogP contribution in [0.5, 0.6) is 0 Å². The summed E-state index contributed by atoms with van der Waals surface area (Å²) in [5.41, 5.74) is 1.51. The van der Waals surface area contributed by atoms with E-state index in [0.29, 0.717) is 16.7 Å². The zero-order valence-electron chi connectivity index (χ0n) is 14.2. The standard InChI is InChI=1S/C19H26FN3O/c20-16-13-15(3-4-17(16)22-9-1-2-10-22)18(24)23-11-6-19(7-12-23)5-8-21-14-19/h3-4,13,21H,1-2,5-12,14H2. The van der Waals surface area contributed by atoms with Crippen molar-refractivity contribution in [1.82, 2.24) is 10.2 Å². The molecular weight excluding hydrogens is 305 g/mol. The smallest absolute Gasteiger partial charge is 0.253 e. The van der Waals surface area contributed by atoms with Crippen LogP contribution >= 0.6 is 0 Å². The van der Waals surface area contributed by atoms with Crippen molar-refractivity contribution in [1.29, 1.82) is 0 Å². The highest BCUT2D eigenvalue weighted by Crippen LogP contribution is 2.37. The Kier molecular flexibility index (Phi) is 4.21. The summed E-state index contributed by atoms with van der Waals surface area (Å²) in [6.45, 7) is 5.57. The van der Waals surface area contributed by atoms with Crippen molar-refractivity contribution >= 4 is 11.6 Å². The summed E-state index contributed by atoms with van der Waals surface area (Å²) in [4.78, 5) is 16.7. The van der Waals surface area contributed by atoms with E-state index in [1.165, 1.54) is 12.5 Å². The molecule has 3 heterocycles. The summed E-state index contributed by atoms with van der Waals surface area (Å²) in [6, 6.07) is 5.00. The summed E-state index contributed by atoms with van der Waals surface area (Å²) in [6.07, 6.45) is 5.56. The van der Waals surface area contributed by atoms with Crippen LogP contribution in [0.2, 0.25) is 0 Å². The summed E-state index contributed by atoms with van der Waals surface area (Å²) >= 11 is 0. The number of amides is 1. The van der Waals surface area contributed by atoms with Crippen molar-refractivity contribution in [3.8, 4) is 0 Å². The fraction of sp³-hybridized carbons (Fsp3) is 0.632. The first-order valence-electron chi connectivity index (χ1n) is 9.21. The normalized spacial score (nSPS) is 23.2. The molecule has 1 aromatic carbocycles. The maximum atomic E-state index is 14.4. The topological polar surface area (TPSA) is 35.6 Å².